The predicted octanol–water partition coefficient (Wildman–Crippen LogP) is 4.07. The summed E-state index contributed by atoms with van der Waals surface area (Å²) in [5.74, 6) is 5.95. The third-order valence-corrected chi connectivity index (χ3v) is 8.27. The Morgan fingerprint density at radius 3 is 1.82 bits per heavy atom. The molecule has 0 amide bonds. The maximum absolute atomic E-state index is 5.33. The van der Waals surface area contributed by atoms with E-state index in [9.17, 15) is 0 Å². The first-order valence-corrected chi connectivity index (χ1v) is 8.91. The molecule has 17 heavy (non-hydrogen) atoms. The molecule has 1 aromatic rings. The number of hydrogen-bond donors (Lipinski definition) is 0. The minimum atomic E-state index is -1.32. The Balaban J connectivity index is 2.93. The van der Waals surface area contributed by atoms with Gasteiger partial charge in [0.05, 0.1) is 0 Å². The van der Waals surface area contributed by atoms with Crippen molar-refractivity contribution in [3.05, 3.63) is 35.4 Å². The van der Waals surface area contributed by atoms with E-state index in [0.29, 0.717) is 0 Å². The van der Waals surface area contributed by atoms with Crippen LogP contribution < -0.4 is 0 Å². The van der Waals surface area contributed by atoms with Gasteiger partial charge in [0.2, 0.25) is 0 Å². The van der Waals surface area contributed by atoms with Gasteiger partial charge in [-0.3, -0.25) is 0 Å². The zero-order chi connectivity index (χ0) is 12.7. The molecule has 0 heterocycles. The van der Waals surface area contributed by atoms with E-state index in [-0.39, 0.29) is 0 Å². The molecule has 1 aromatic carbocycles. The van der Waals surface area contributed by atoms with Crippen LogP contribution in [0.3, 0.4) is 0 Å². The van der Waals surface area contributed by atoms with Crippen molar-refractivity contribution in [1.82, 2.24) is 0 Å². The van der Waals surface area contributed by atoms with E-state index in [0.717, 1.165) is 11.1 Å². The molecule has 0 N–H and O–H groups in total. The molecular weight excluding hydrogens is 220 g/mol. The molecule has 0 aliphatic heterocycles. The first-order valence-electron chi connectivity index (χ1n) is 6.29. The molecule has 0 unspecified atom stereocenters. The second-order valence-electron chi connectivity index (χ2n) is 4.31. The minimum Gasteiger partial charge on any atom is -0.126 e. The fourth-order valence-corrected chi connectivity index (χ4v) is 4.31. The summed E-state index contributed by atoms with van der Waals surface area (Å²) in [6, 6.07) is 11.7. The van der Waals surface area contributed by atoms with E-state index in [2.05, 4.69) is 38.2 Å². The smallest absolute Gasteiger partial charge is 0.126 e. The molecule has 0 aromatic heterocycles. The van der Waals surface area contributed by atoms with Gasteiger partial charge in [-0.25, -0.2) is 0 Å². The van der Waals surface area contributed by atoms with Gasteiger partial charge in [0.25, 0.3) is 0 Å². The Bertz CT molecular complexity index is 439. The number of hydrogen-bond acceptors (Lipinski definition) is 0. The van der Waals surface area contributed by atoms with Gasteiger partial charge >= 0.3 is 0 Å². The average molecular weight is 240 g/mol. The average Bonchev–Trinajstić information content (AvgIpc) is 2.41. The van der Waals surface area contributed by atoms with Crippen molar-refractivity contribution in [2.75, 3.05) is 0 Å². The molecular formula is C16H20Si. The molecule has 0 fully saturated rings. The van der Waals surface area contributed by atoms with E-state index in [4.69, 9.17) is 6.42 Å². The predicted molar refractivity (Wildman–Crippen MR) is 78.5 cm³/mol. The highest BCUT2D eigenvalue weighted by molar-refractivity contribution is 6.87. The highest BCUT2D eigenvalue weighted by Crippen LogP contribution is 2.19. The van der Waals surface area contributed by atoms with Crippen molar-refractivity contribution in [3.8, 4) is 23.8 Å². The zero-order valence-electron chi connectivity index (χ0n) is 11.0. The van der Waals surface area contributed by atoms with Gasteiger partial charge in [0.1, 0.15) is 8.07 Å². The topological polar surface area (TPSA) is 0 Å². The van der Waals surface area contributed by atoms with Gasteiger partial charge in [0.15, 0.2) is 0 Å². The molecule has 0 aliphatic carbocycles. The number of rotatable bonds is 3. The first kappa shape index (κ1) is 13.6. The van der Waals surface area contributed by atoms with Crippen LogP contribution in [0.4, 0.5) is 0 Å². The molecule has 0 aliphatic rings. The molecule has 1 rings (SSSR count). The van der Waals surface area contributed by atoms with Crippen LogP contribution in [-0.2, 0) is 0 Å². The minimum absolute atomic E-state index is 0.917. The van der Waals surface area contributed by atoms with E-state index in [1.54, 1.807) is 0 Å². The van der Waals surface area contributed by atoms with E-state index < -0.39 is 8.07 Å². The van der Waals surface area contributed by atoms with Crippen molar-refractivity contribution >= 4 is 8.07 Å². The quantitative estimate of drug-likeness (QED) is 0.552. The van der Waals surface area contributed by atoms with Crippen molar-refractivity contribution in [2.24, 2.45) is 0 Å². The summed E-state index contributed by atoms with van der Waals surface area (Å²) in [7, 11) is -1.32. The molecule has 0 bridgehead atoms. The molecule has 1 heteroatoms. The maximum Gasteiger partial charge on any atom is 0.138 e. The van der Waals surface area contributed by atoms with Crippen LogP contribution in [0.2, 0.25) is 18.1 Å². The lowest BCUT2D eigenvalue weighted by molar-refractivity contribution is 1.20. The summed E-state index contributed by atoms with van der Waals surface area (Å²) in [5.41, 5.74) is 5.57. The largest absolute Gasteiger partial charge is 0.138 e. The molecule has 0 saturated carbocycles. The number of terminal acetylenes is 1. The van der Waals surface area contributed by atoms with E-state index in [1.165, 1.54) is 18.1 Å². The van der Waals surface area contributed by atoms with E-state index in [1.807, 2.05) is 24.3 Å². The Kier molecular flexibility index (Phi) is 5.07. The van der Waals surface area contributed by atoms with E-state index >= 15 is 0 Å². The SMILES string of the molecule is C#Cc1ccc(C#C[Si](CC)(CC)CC)cc1. The van der Waals surface area contributed by atoms with Crippen LogP contribution in [0, 0.1) is 23.8 Å². The Hall–Kier alpha value is -1.44. The summed E-state index contributed by atoms with van der Waals surface area (Å²) in [5, 5.41) is 0. The van der Waals surface area contributed by atoms with Crippen LogP contribution in [0.25, 0.3) is 0 Å². The Morgan fingerprint density at radius 1 is 0.941 bits per heavy atom. The van der Waals surface area contributed by atoms with Gasteiger partial charge < -0.3 is 0 Å². The van der Waals surface area contributed by atoms with Crippen molar-refractivity contribution < 1.29 is 0 Å². The van der Waals surface area contributed by atoms with Gasteiger partial charge in [-0.15, -0.1) is 12.0 Å². The van der Waals surface area contributed by atoms with Gasteiger partial charge in [-0.05, 0) is 42.4 Å². The van der Waals surface area contributed by atoms with Gasteiger partial charge in [0, 0.05) is 11.1 Å². The zero-order valence-corrected chi connectivity index (χ0v) is 12.0. The Morgan fingerprint density at radius 2 is 1.41 bits per heavy atom. The lowest BCUT2D eigenvalue weighted by Gasteiger charge is -2.19. The van der Waals surface area contributed by atoms with Crippen molar-refractivity contribution in [3.63, 3.8) is 0 Å². The van der Waals surface area contributed by atoms with Crippen molar-refractivity contribution in [1.29, 1.82) is 0 Å². The van der Waals surface area contributed by atoms with Crippen LogP contribution >= 0.6 is 0 Å². The van der Waals surface area contributed by atoms with Crippen LogP contribution in [0.5, 0.6) is 0 Å². The summed E-state index contributed by atoms with van der Waals surface area (Å²) >= 11 is 0. The molecule has 0 atom stereocenters. The maximum atomic E-state index is 5.33. The fraction of sp³-hybridized carbons (Fsp3) is 0.375. The summed E-state index contributed by atoms with van der Waals surface area (Å²) in [4.78, 5) is 0. The third kappa shape index (κ3) is 3.51. The standard InChI is InChI=1S/C16H20Si/c1-5-15-9-11-16(12-10-15)13-14-17(6-2,7-3)8-4/h1,9-12H,6-8H2,2-4H3. The normalized spacial score (nSPS) is 10.2. The summed E-state index contributed by atoms with van der Waals surface area (Å²) in [6.45, 7) is 6.82. The second-order valence-corrected chi connectivity index (χ2v) is 9.24. The molecule has 0 spiro atoms. The Labute approximate surface area is 106 Å². The second kappa shape index (κ2) is 6.33. The molecule has 0 saturated heterocycles. The molecule has 88 valence electrons. The number of benzene rings is 1. The van der Waals surface area contributed by atoms with Crippen LogP contribution in [0.1, 0.15) is 31.9 Å². The van der Waals surface area contributed by atoms with Crippen molar-refractivity contribution in [2.45, 2.75) is 38.9 Å². The van der Waals surface area contributed by atoms with Gasteiger partial charge in [-0.1, -0.05) is 32.6 Å². The summed E-state index contributed by atoms with van der Waals surface area (Å²) in [6.07, 6.45) is 5.33. The highest BCUT2D eigenvalue weighted by Gasteiger charge is 2.23. The van der Waals surface area contributed by atoms with Crippen LogP contribution in [-0.4, -0.2) is 8.07 Å². The fourth-order valence-electron chi connectivity index (χ4n) is 1.87. The monoisotopic (exact) mass is 240 g/mol. The lowest BCUT2D eigenvalue weighted by Crippen LogP contribution is -2.29. The lowest BCUT2D eigenvalue weighted by atomic mass is 10.1. The molecule has 0 nitrogen and oxygen atoms in total. The van der Waals surface area contributed by atoms with Crippen LogP contribution in [0.15, 0.2) is 24.3 Å². The highest BCUT2D eigenvalue weighted by atomic mass is 28.3. The summed E-state index contributed by atoms with van der Waals surface area (Å²) < 4.78 is 0. The first-order chi connectivity index (χ1) is 8.19. The third-order valence-electron chi connectivity index (χ3n) is 3.55. The molecule has 0 radical (unpaired) electrons. The van der Waals surface area contributed by atoms with Gasteiger partial charge in [-0.2, -0.15) is 0 Å².